The molecule has 0 saturated heterocycles. The van der Waals surface area contributed by atoms with Crippen LogP contribution in [0.5, 0.6) is 0 Å². The van der Waals surface area contributed by atoms with Gasteiger partial charge in [-0.3, -0.25) is 9.78 Å². The van der Waals surface area contributed by atoms with Crippen LogP contribution in [-0.4, -0.2) is 48.4 Å². The van der Waals surface area contributed by atoms with Gasteiger partial charge < -0.3 is 24.8 Å². The number of halogens is 1. The molecular formula is C9H13FN5O4P. The van der Waals surface area contributed by atoms with Crippen molar-refractivity contribution in [2.24, 2.45) is 0 Å². The highest BCUT2D eigenvalue weighted by Crippen LogP contribution is 2.23. The number of nitrogens with two attached hydrogens (primary N) is 1. The smallest absolute Gasteiger partial charge is 0.280 e. The Bertz CT molecular complexity index is 645. The van der Waals surface area contributed by atoms with E-state index in [4.69, 9.17) is 20.3 Å². The Morgan fingerprint density at radius 3 is 3.00 bits per heavy atom. The van der Waals surface area contributed by atoms with Crippen molar-refractivity contribution in [1.29, 1.82) is 0 Å². The van der Waals surface area contributed by atoms with E-state index in [9.17, 15) is 9.18 Å². The van der Waals surface area contributed by atoms with E-state index in [1.165, 1.54) is 10.9 Å². The number of H-pyrrole nitrogens is 1. The number of aromatic amines is 1. The summed E-state index contributed by atoms with van der Waals surface area (Å²) in [5.41, 5.74) is 5.25. The molecule has 9 nitrogen and oxygen atoms in total. The first-order valence-corrected chi connectivity index (χ1v) is 6.98. The maximum Gasteiger partial charge on any atom is 0.280 e. The molecule has 0 aromatic carbocycles. The van der Waals surface area contributed by atoms with Crippen molar-refractivity contribution in [1.82, 2.24) is 19.5 Å². The maximum atomic E-state index is 12.8. The van der Waals surface area contributed by atoms with Crippen LogP contribution in [0, 0.1) is 0 Å². The highest BCUT2D eigenvalue weighted by atomic mass is 31.2. The lowest BCUT2D eigenvalue weighted by molar-refractivity contribution is 0.0488. The van der Waals surface area contributed by atoms with Crippen LogP contribution < -0.4 is 11.3 Å². The van der Waals surface area contributed by atoms with Crippen LogP contribution in [0.4, 0.5) is 10.3 Å². The van der Waals surface area contributed by atoms with Gasteiger partial charge in [-0.1, -0.05) is 0 Å². The molecule has 0 aliphatic rings. The normalized spacial score (nSPS) is 13.2. The minimum atomic E-state index is -2.25. The summed E-state index contributed by atoms with van der Waals surface area (Å²) in [5.74, 6) is -0.0730. The third-order valence-electron chi connectivity index (χ3n) is 2.49. The minimum Gasteiger partial charge on any atom is -0.369 e. The maximum absolute atomic E-state index is 12.8. The van der Waals surface area contributed by atoms with Crippen molar-refractivity contribution in [2.75, 3.05) is 18.8 Å². The number of nitrogens with one attached hydrogen (secondary N) is 1. The molecule has 0 aliphatic carbocycles. The third kappa shape index (κ3) is 3.28. The molecular weight excluding hydrogens is 292 g/mol. The first-order valence-electron chi connectivity index (χ1n) is 5.54. The zero-order valence-corrected chi connectivity index (χ0v) is 11.1. The SMILES string of the molecule is Nc1nc2c(ncn2CC(CF)OCP(O)O)c(=O)[nH]1. The summed E-state index contributed by atoms with van der Waals surface area (Å²) in [6.07, 6.45) is 0.0604. The molecule has 1 unspecified atom stereocenters. The summed E-state index contributed by atoms with van der Waals surface area (Å²) in [4.78, 5) is 39.2. The molecule has 2 heterocycles. The Hall–Kier alpha value is -1.61. The molecule has 110 valence electrons. The average molecular weight is 305 g/mol. The molecule has 0 aliphatic heterocycles. The molecule has 11 heteroatoms. The molecule has 2 rings (SSSR count). The van der Waals surface area contributed by atoms with E-state index in [0.717, 1.165) is 0 Å². The van der Waals surface area contributed by atoms with Gasteiger partial charge in [0.2, 0.25) is 5.95 Å². The number of fused-ring (bicyclic) bond motifs is 1. The van der Waals surface area contributed by atoms with Gasteiger partial charge in [0.05, 0.1) is 12.9 Å². The quantitative estimate of drug-likeness (QED) is 0.518. The number of alkyl halides is 1. The Morgan fingerprint density at radius 2 is 2.35 bits per heavy atom. The fourth-order valence-corrected chi connectivity index (χ4v) is 1.99. The molecule has 0 bridgehead atoms. The van der Waals surface area contributed by atoms with Gasteiger partial charge in [-0.05, 0) is 0 Å². The van der Waals surface area contributed by atoms with Crippen molar-refractivity contribution >= 4 is 25.5 Å². The molecule has 0 radical (unpaired) electrons. The predicted molar refractivity (Wildman–Crippen MR) is 69.6 cm³/mol. The Kier molecular flexibility index (Phi) is 4.61. The minimum absolute atomic E-state index is 0.0199. The molecule has 20 heavy (non-hydrogen) atoms. The zero-order chi connectivity index (χ0) is 14.7. The Morgan fingerprint density at radius 1 is 1.60 bits per heavy atom. The molecule has 2 aromatic heterocycles. The van der Waals surface area contributed by atoms with Gasteiger partial charge in [-0.15, -0.1) is 0 Å². The molecule has 2 aromatic rings. The second kappa shape index (κ2) is 6.23. The summed E-state index contributed by atoms with van der Waals surface area (Å²) >= 11 is 0. The first-order chi connectivity index (χ1) is 9.51. The van der Waals surface area contributed by atoms with Crippen LogP contribution in [0.15, 0.2) is 11.1 Å². The number of imidazole rings is 1. The molecule has 0 amide bonds. The van der Waals surface area contributed by atoms with Crippen LogP contribution in [0.3, 0.4) is 0 Å². The van der Waals surface area contributed by atoms with Gasteiger partial charge in [0.1, 0.15) is 19.1 Å². The molecule has 0 fully saturated rings. The molecule has 0 saturated carbocycles. The predicted octanol–water partition coefficient (Wildman–Crippen LogP) is -0.690. The Labute approximate surface area is 113 Å². The number of ether oxygens (including phenoxy) is 1. The monoisotopic (exact) mass is 305 g/mol. The number of nitrogens with zero attached hydrogens (tertiary/aromatic N) is 3. The van der Waals surface area contributed by atoms with E-state index in [0.29, 0.717) is 0 Å². The summed E-state index contributed by atoms with van der Waals surface area (Å²) in [5, 5.41) is 0. The summed E-state index contributed by atoms with van der Waals surface area (Å²) in [7, 11) is -2.25. The van der Waals surface area contributed by atoms with Gasteiger partial charge in [-0.2, -0.15) is 4.98 Å². The van der Waals surface area contributed by atoms with Crippen LogP contribution in [0.25, 0.3) is 11.2 Å². The van der Waals surface area contributed by atoms with Crippen molar-refractivity contribution in [3.8, 4) is 0 Å². The van der Waals surface area contributed by atoms with Crippen LogP contribution >= 0.6 is 8.38 Å². The Balaban J connectivity index is 2.22. The lowest BCUT2D eigenvalue weighted by Crippen LogP contribution is -2.23. The number of rotatable bonds is 6. The van der Waals surface area contributed by atoms with Crippen molar-refractivity contribution in [3.63, 3.8) is 0 Å². The fraction of sp³-hybridized carbons (Fsp3) is 0.444. The van der Waals surface area contributed by atoms with Gasteiger partial charge in [0.15, 0.2) is 19.5 Å². The van der Waals surface area contributed by atoms with Gasteiger partial charge in [0.25, 0.3) is 5.56 Å². The lowest BCUT2D eigenvalue weighted by atomic mass is 10.4. The number of anilines is 1. The standard InChI is InChI=1S/C9H13FN5O4P/c10-1-5(19-4-20(17)18)2-15-3-12-6-7(15)13-9(11)14-8(6)16/h3,5,17-18H,1-2,4H2,(H3,11,13,14,16). The number of hydrogen-bond donors (Lipinski definition) is 4. The second-order valence-electron chi connectivity index (χ2n) is 3.96. The van der Waals surface area contributed by atoms with E-state index in [-0.39, 0.29) is 30.0 Å². The largest absolute Gasteiger partial charge is 0.369 e. The van der Waals surface area contributed by atoms with Crippen LogP contribution in [0.1, 0.15) is 0 Å². The van der Waals surface area contributed by atoms with E-state index in [2.05, 4.69) is 15.0 Å². The summed E-state index contributed by atoms with van der Waals surface area (Å²) in [6, 6.07) is 0. The third-order valence-corrected chi connectivity index (χ3v) is 2.87. The highest BCUT2D eigenvalue weighted by Gasteiger charge is 2.16. The highest BCUT2D eigenvalue weighted by molar-refractivity contribution is 7.44. The number of hydrogen-bond acceptors (Lipinski definition) is 7. The topological polar surface area (TPSA) is 139 Å². The second-order valence-corrected chi connectivity index (χ2v) is 4.97. The van der Waals surface area contributed by atoms with E-state index in [1.54, 1.807) is 0 Å². The number of nitrogen functional groups attached to an aromatic ring is 1. The molecule has 0 spiro atoms. The summed E-state index contributed by atoms with van der Waals surface area (Å²) in [6.45, 7) is -0.812. The van der Waals surface area contributed by atoms with Gasteiger partial charge >= 0.3 is 0 Å². The first kappa shape index (κ1) is 14.8. The van der Waals surface area contributed by atoms with E-state index in [1.807, 2.05) is 0 Å². The van der Waals surface area contributed by atoms with E-state index >= 15 is 0 Å². The average Bonchev–Trinajstić information content (AvgIpc) is 2.77. The van der Waals surface area contributed by atoms with Gasteiger partial charge in [0, 0.05) is 0 Å². The summed E-state index contributed by atoms with van der Waals surface area (Å²) < 4.78 is 19.2. The van der Waals surface area contributed by atoms with Crippen molar-refractivity contribution in [2.45, 2.75) is 12.6 Å². The fourth-order valence-electron chi connectivity index (χ4n) is 1.64. The number of aromatic nitrogens is 4. The van der Waals surface area contributed by atoms with Crippen molar-refractivity contribution in [3.05, 3.63) is 16.7 Å². The van der Waals surface area contributed by atoms with Crippen LogP contribution in [0.2, 0.25) is 0 Å². The van der Waals surface area contributed by atoms with Gasteiger partial charge in [-0.25, -0.2) is 9.37 Å². The zero-order valence-electron chi connectivity index (χ0n) is 10.2. The van der Waals surface area contributed by atoms with Crippen LogP contribution in [-0.2, 0) is 11.3 Å². The molecule has 5 N–H and O–H groups in total. The van der Waals surface area contributed by atoms with E-state index < -0.39 is 26.7 Å². The molecule has 1 atom stereocenters. The lowest BCUT2D eigenvalue weighted by Gasteiger charge is -2.15. The van der Waals surface area contributed by atoms with Crippen molar-refractivity contribution < 1.29 is 18.9 Å².